The van der Waals surface area contributed by atoms with Crippen molar-refractivity contribution in [2.75, 3.05) is 11.9 Å². The summed E-state index contributed by atoms with van der Waals surface area (Å²) in [5.41, 5.74) is 1.76. The highest BCUT2D eigenvalue weighted by atomic mass is 35.5. The maximum absolute atomic E-state index is 13.2. The number of rotatable bonds is 5. The van der Waals surface area contributed by atoms with Crippen LogP contribution >= 0.6 is 23.2 Å². The van der Waals surface area contributed by atoms with Crippen molar-refractivity contribution in [1.82, 2.24) is 9.78 Å². The Labute approximate surface area is 169 Å². The highest BCUT2D eigenvalue weighted by Crippen LogP contribution is 2.33. The third-order valence-corrected chi connectivity index (χ3v) is 4.30. The maximum Gasteiger partial charge on any atom is 0.266 e. The van der Waals surface area contributed by atoms with Gasteiger partial charge in [0.2, 0.25) is 0 Å². The molecule has 0 fully saturated rings. The second-order valence-electron chi connectivity index (χ2n) is 5.79. The first-order chi connectivity index (χ1) is 13.3. The van der Waals surface area contributed by atoms with Gasteiger partial charge in [0.15, 0.2) is 12.4 Å². The quantitative estimate of drug-likeness (QED) is 0.677. The first-order valence-electron chi connectivity index (χ1n) is 8.05. The van der Waals surface area contributed by atoms with Crippen LogP contribution in [0.5, 0.6) is 5.75 Å². The second-order valence-corrected chi connectivity index (χ2v) is 6.61. The number of aryl methyl sites for hydroxylation is 1. The molecule has 0 aliphatic carbocycles. The molecule has 3 aromatic rings. The summed E-state index contributed by atoms with van der Waals surface area (Å²) in [6.07, 6.45) is 0. The molecule has 1 aromatic heterocycles. The number of anilines is 1. The van der Waals surface area contributed by atoms with Crippen LogP contribution in [-0.2, 0) is 11.8 Å². The number of nitrogens with zero attached hydrogens (tertiary/aromatic N) is 2. The minimum atomic E-state index is -0.597. The van der Waals surface area contributed by atoms with E-state index >= 15 is 0 Å². The zero-order chi connectivity index (χ0) is 20.3. The number of benzene rings is 2. The van der Waals surface area contributed by atoms with Crippen LogP contribution in [0.3, 0.4) is 0 Å². The Balaban J connectivity index is 1.63. The largest absolute Gasteiger partial charge is 0.481 e. The molecule has 6 nitrogen and oxygen atoms in total. The second kappa shape index (κ2) is 8.41. The molecule has 0 unspecified atom stereocenters. The van der Waals surface area contributed by atoms with E-state index in [1.165, 1.54) is 10.7 Å². The molecule has 3 rings (SSSR count). The number of ether oxygens (including phenoxy) is 1. The third-order valence-electron chi connectivity index (χ3n) is 3.74. The zero-order valence-corrected chi connectivity index (χ0v) is 16.1. The number of nitrogens with one attached hydrogen (secondary N) is 1. The molecule has 0 aliphatic heterocycles. The van der Waals surface area contributed by atoms with Gasteiger partial charge in [0, 0.05) is 24.4 Å². The van der Waals surface area contributed by atoms with Crippen molar-refractivity contribution in [3.05, 3.63) is 74.7 Å². The Morgan fingerprint density at radius 3 is 2.39 bits per heavy atom. The molecule has 0 saturated carbocycles. The van der Waals surface area contributed by atoms with Gasteiger partial charge in [-0.15, -0.1) is 0 Å². The van der Waals surface area contributed by atoms with Crippen molar-refractivity contribution in [2.45, 2.75) is 0 Å². The minimum Gasteiger partial charge on any atom is -0.481 e. The fourth-order valence-corrected chi connectivity index (χ4v) is 2.95. The lowest BCUT2D eigenvalue weighted by Crippen LogP contribution is -2.20. The van der Waals surface area contributed by atoms with Crippen molar-refractivity contribution in [3.8, 4) is 17.0 Å². The van der Waals surface area contributed by atoms with E-state index in [2.05, 4.69) is 10.4 Å². The molecule has 144 valence electrons. The molecule has 0 aliphatic rings. The summed E-state index contributed by atoms with van der Waals surface area (Å²) >= 11 is 11.7. The topological polar surface area (TPSA) is 73.2 Å². The number of hydrogen-bond donors (Lipinski definition) is 1. The van der Waals surface area contributed by atoms with Gasteiger partial charge in [-0.3, -0.25) is 9.59 Å². The summed E-state index contributed by atoms with van der Waals surface area (Å²) in [5.74, 6) is -1.000. The fraction of sp³-hybridized carbons (Fsp3) is 0.105. The van der Waals surface area contributed by atoms with Gasteiger partial charge < -0.3 is 10.1 Å². The van der Waals surface area contributed by atoms with Crippen LogP contribution in [0.2, 0.25) is 10.0 Å². The van der Waals surface area contributed by atoms with E-state index in [4.69, 9.17) is 27.9 Å². The molecule has 1 amide bonds. The predicted octanol–water partition coefficient (Wildman–Crippen LogP) is 3.91. The van der Waals surface area contributed by atoms with E-state index < -0.39 is 11.7 Å². The number of halogens is 3. The zero-order valence-electron chi connectivity index (χ0n) is 14.6. The van der Waals surface area contributed by atoms with Crippen LogP contribution in [0.4, 0.5) is 10.1 Å². The number of hydrogen-bond acceptors (Lipinski definition) is 4. The molecule has 1 heterocycles. The summed E-state index contributed by atoms with van der Waals surface area (Å²) in [4.78, 5) is 23.5. The smallest absolute Gasteiger partial charge is 0.266 e. The molecule has 0 atom stereocenters. The van der Waals surface area contributed by atoms with Gasteiger partial charge in [0.1, 0.15) is 5.82 Å². The van der Waals surface area contributed by atoms with Gasteiger partial charge >= 0.3 is 0 Å². The Bertz CT molecular complexity index is 1060. The summed E-state index contributed by atoms with van der Waals surface area (Å²) in [6.45, 7) is -0.352. The molecule has 0 saturated heterocycles. The van der Waals surface area contributed by atoms with Crippen molar-refractivity contribution < 1.29 is 13.9 Å². The lowest BCUT2D eigenvalue weighted by molar-refractivity contribution is -0.118. The molecule has 9 heteroatoms. The highest BCUT2D eigenvalue weighted by molar-refractivity contribution is 6.37. The van der Waals surface area contributed by atoms with Crippen LogP contribution in [0.15, 0.2) is 53.3 Å². The van der Waals surface area contributed by atoms with Crippen LogP contribution in [0.25, 0.3) is 11.3 Å². The van der Waals surface area contributed by atoms with Gasteiger partial charge in [-0.1, -0.05) is 35.3 Å². The van der Waals surface area contributed by atoms with Crippen LogP contribution < -0.4 is 15.6 Å². The number of amides is 1. The molecule has 0 bridgehead atoms. The van der Waals surface area contributed by atoms with Crippen molar-refractivity contribution in [2.24, 2.45) is 7.05 Å². The summed E-state index contributed by atoms with van der Waals surface area (Å²) in [5, 5.41) is 6.78. The van der Waals surface area contributed by atoms with E-state index in [1.54, 1.807) is 37.4 Å². The maximum atomic E-state index is 13.2. The lowest BCUT2D eigenvalue weighted by Gasteiger charge is -2.11. The Morgan fingerprint density at radius 2 is 1.79 bits per heavy atom. The Kier molecular flexibility index (Phi) is 5.96. The van der Waals surface area contributed by atoms with E-state index in [1.807, 2.05) is 0 Å². The van der Waals surface area contributed by atoms with Crippen molar-refractivity contribution in [3.63, 3.8) is 0 Å². The average Bonchev–Trinajstić information content (AvgIpc) is 2.64. The van der Waals surface area contributed by atoms with E-state index in [0.29, 0.717) is 11.4 Å². The minimum absolute atomic E-state index is 0.0214. The lowest BCUT2D eigenvalue weighted by atomic mass is 10.1. The highest BCUT2D eigenvalue weighted by Gasteiger charge is 2.12. The molecule has 0 radical (unpaired) electrons. The monoisotopic (exact) mass is 421 g/mol. The average molecular weight is 422 g/mol. The molecule has 28 heavy (non-hydrogen) atoms. The summed E-state index contributed by atoms with van der Waals surface area (Å²) in [6, 6.07) is 12.1. The third kappa shape index (κ3) is 4.68. The molecular weight excluding hydrogens is 408 g/mol. The van der Waals surface area contributed by atoms with Crippen LogP contribution in [0, 0.1) is 5.82 Å². The molecule has 1 N–H and O–H groups in total. The molecular formula is C19H14Cl2FN3O3. The van der Waals surface area contributed by atoms with Gasteiger partial charge in [-0.2, -0.15) is 5.10 Å². The predicted molar refractivity (Wildman–Crippen MR) is 105 cm³/mol. The van der Waals surface area contributed by atoms with Gasteiger partial charge in [0.25, 0.3) is 11.5 Å². The number of carbonyl (C=O) groups is 1. The number of aromatic nitrogens is 2. The first-order valence-corrected chi connectivity index (χ1v) is 8.81. The molecule has 2 aromatic carbocycles. The van der Waals surface area contributed by atoms with E-state index in [0.717, 1.165) is 17.7 Å². The van der Waals surface area contributed by atoms with Crippen LogP contribution in [-0.4, -0.2) is 22.3 Å². The fourth-order valence-electron chi connectivity index (χ4n) is 2.38. The Morgan fingerprint density at radius 1 is 1.14 bits per heavy atom. The Hall–Kier alpha value is -2.90. The van der Waals surface area contributed by atoms with Crippen LogP contribution in [0.1, 0.15) is 0 Å². The van der Waals surface area contributed by atoms with Crippen molar-refractivity contribution in [1.29, 1.82) is 0 Å². The normalized spacial score (nSPS) is 10.6. The summed E-state index contributed by atoms with van der Waals surface area (Å²) < 4.78 is 19.7. The van der Waals surface area contributed by atoms with Gasteiger partial charge in [-0.25, -0.2) is 9.07 Å². The summed E-state index contributed by atoms with van der Waals surface area (Å²) in [7, 11) is 1.57. The first kappa shape index (κ1) is 19.9. The number of carbonyl (C=O) groups excluding carboxylic acids is 1. The van der Waals surface area contributed by atoms with E-state index in [9.17, 15) is 14.0 Å². The SMILES string of the molecule is Cn1nc(-c2ccc(NC(=O)COc3c(Cl)cc(F)cc3Cl)cc2)ccc1=O. The molecule has 0 spiro atoms. The standard InChI is InChI=1S/C19H14Cl2FN3O3/c1-25-18(27)7-6-16(24-25)11-2-4-13(5-3-11)23-17(26)10-28-19-14(20)8-12(22)9-15(19)21/h2-9H,10H2,1H3,(H,23,26). The van der Waals surface area contributed by atoms with E-state index in [-0.39, 0.29) is 28.0 Å². The van der Waals surface area contributed by atoms with Gasteiger partial charge in [-0.05, 0) is 30.3 Å². The van der Waals surface area contributed by atoms with Crippen molar-refractivity contribution >= 4 is 34.8 Å². The van der Waals surface area contributed by atoms with Gasteiger partial charge in [0.05, 0.1) is 15.7 Å².